The Labute approximate surface area is 463 Å². The molecule has 10 atom stereocenters. The molecule has 4 unspecified atom stereocenters. The van der Waals surface area contributed by atoms with E-state index in [2.05, 4.69) is 122 Å². The van der Waals surface area contributed by atoms with Crippen LogP contribution in [0.3, 0.4) is 0 Å². The van der Waals surface area contributed by atoms with E-state index in [1.54, 1.807) is 6.08 Å². The van der Waals surface area contributed by atoms with Gasteiger partial charge in [0.15, 0.2) is 16.6 Å². The van der Waals surface area contributed by atoms with Crippen LogP contribution in [0.1, 0.15) is 157 Å². The van der Waals surface area contributed by atoms with E-state index in [0.29, 0.717) is 38.5 Å². The van der Waals surface area contributed by atoms with Gasteiger partial charge in [0.25, 0.3) is 0 Å². The predicted molar refractivity (Wildman–Crippen MR) is 317 cm³/mol. The maximum Gasteiger partial charge on any atom is 0.306 e. The first-order valence-corrected chi connectivity index (χ1v) is 34.6. The molecule has 2 saturated carbocycles. The van der Waals surface area contributed by atoms with Gasteiger partial charge in [-0.1, -0.05) is 151 Å². The highest BCUT2D eigenvalue weighted by Gasteiger charge is 2.47. The Morgan fingerprint density at radius 1 is 0.605 bits per heavy atom. The number of carbonyl (C=O) groups is 2. The molecular formula is C64H104O10Si2. The number of ether oxygens (including phenoxy) is 2. The third kappa shape index (κ3) is 24.3. The number of allylic oxidation sites excluding steroid dienone is 4. The number of unbranched alkanes of at least 4 members (excludes halogenated alkanes) is 2. The van der Waals surface area contributed by atoms with Crippen molar-refractivity contribution in [1.82, 2.24) is 0 Å². The van der Waals surface area contributed by atoms with Crippen LogP contribution in [-0.2, 0) is 40.8 Å². The second-order valence-electron chi connectivity index (χ2n) is 25.2. The van der Waals surface area contributed by atoms with Crippen molar-refractivity contribution in [1.29, 1.82) is 0 Å². The molecule has 2 aliphatic carbocycles. The van der Waals surface area contributed by atoms with Crippen molar-refractivity contribution in [3.8, 4) is 0 Å². The van der Waals surface area contributed by atoms with Crippen LogP contribution in [0.25, 0.3) is 0 Å². The van der Waals surface area contributed by atoms with Crippen LogP contribution in [0.5, 0.6) is 0 Å². The molecule has 2 aromatic carbocycles. The van der Waals surface area contributed by atoms with Crippen LogP contribution in [0.4, 0.5) is 0 Å². The summed E-state index contributed by atoms with van der Waals surface area (Å²) in [6.45, 7) is 30.4. The summed E-state index contributed by atoms with van der Waals surface area (Å²) < 4.78 is 24.4. The number of rotatable bonds is 28. The molecule has 0 saturated heterocycles. The Hall–Kier alpha value is -3.47. The van der Waals surface area contributed by atoms with Crippen LogP contribution >= 0.6 is 0 Å². The van der Waals surface area contributed by atoms with Gasteiger partial charge in [-0.05, 0) is 158 Å². The van der Waals surface area contributed by atoms with Crippen LogP contribution in [0, 0.1) is 23.7 Å². The first-order valence-electron chi connectivity index (χ1n) is 28.8. The van der Waals surface area contributed by atoms with Crippen molar-refractivity contribution in [2.75, 3.05) is 0 Å². The van der Waals surface area contributed by atoms with Gasteiger partial charge >= 0.3 is 11.9 Å². The zero-order valence-corrected chi connectivity index (χ0v) is 51.5. The number of benzene rings is 2. The van der Waals surface area contributed by atoms with Crippen LogP contribution < -0.4 is 0 Å². The van der Waals surface area contributed by atoms with E-state index >= 15 is 0 Å². The average Bonchev–Trinajstić information content (AvgIpc) is 3.77. The first-order chi connectivity index (χ1) is 35.6. The minimum absolute atomic E-state index is 0.000788. The number of aliphatic hydroxyl groups is 4. The van der Waals surface area contributed by atoms with E-state index in [9.17, 15) is 30.0 Å². The molecular weight excluding hydrogens is 985 g/mol. The summed E-state index contributed by atoms with van der Waals surface area (Å²) in [5.74, 6) is -0.388. The van der Waals surface area contributed by atoms with Gasteiger partial charge in [-0.2, -0.15) is 0 Å². The molecule has 0 aliphatic heterocycles. The van der Waals surface area contributed by atoms with Crippen LogP contribution in [0.2, 0.25) is 36.3 Å². The molecule has 4 rings (SSSR count). The summed E-state index contributed by atoms with van der Waals surface area (Å²) in [5, 5.41) is 42.6. The summed E-state index contributed by atoms with van der Waals surface area (Å²) in [5.41, 5.74) is 2.51. The molecule has 428 valence electrons. The lowest BCUT2D eigenvalue weighted by Crippen LogP contribution is -2.45. The number of aliphatic hydroxyl groups excluding tert-OH is 4. The van der Waals surface area contributed by atoms with Gasteiger partial charge < -0.3 is 38.8 Å². The van der Waals surface area contributed by atoms with Crippen molar-refractivity contribution >= 4 is 28.6 Å². The molecule has 0 aromatic heterocycles. The average molecular weight is 1090 g/mol. The Balaban J connectivity index is 0.000000428. The van der Waals surface area contributed by atoms with E-state index in [1.165, 1.54) is 11.1 Å². The Morgan fingerprint density at radius 3 is 1.53 bits per heavy atom. The molecule has 2 aliphatic rings. The maximum absolute atomic E-state index is 11.9. The second kappa shape index (κ2) is 32.6. The third-order valence-corrected chi connectivity index (χ3v) is 24.9. The van der Waals surface area contributed by atoms with Crippen molar-refractivity contribution < 1.29 is 48.3 Å². The fourth-order valence-electron chi connectivity index (χ4n) is 9.45. The minimum atomic E-state index is -2.05. The van der Waals surface area contributed by atoms with Crippen LogP contribution in [-0.4, -0.2) is 97.8 Å². The summed E-state index contributed by atoms with van der Waals surface area (Å²) in [4.78, 5) is 23.4. The lowest BCUT2D eigenvalue weighted by Gasteiger charge is -2.40. The fourth-order valence-corrected chi connectivity index (χ4v) is 12.1. The zero-order chi connectivity index (χ0) is 56.7. The highest BCUT2D eigenvalue weighted by Crippen LogP contribution is 2.45. The summed E-state index contributed by atoms with van der Waals surface area (Å²) >= 11 is 0. The monoisotopic (exact) mass is 1090 g/mol. The molecule has 4 N–H and O–H groups in total. The van der Waals surface area contributed by atoms with Gasteiger partial charge in [0.2, 0.25) is 0 Å². The molecule has 2 aromatic rings. The Morgan fingerprint density at radius 2 is 1.05 bits per heavy atom. The van der Waals surface area contributed by atoms with Crippen molar-refractivity contribution in [3.05, 3.63) is 120 Å². The van der Waals surface area contributed by atoms with E-state index in [-0.39, 0.29) is 70.1 Å². The molecule has 2 fully saturated rings. The van der Waals surface area contributed by atoms with Gasteiger partial charge in [0.1, 0.15) is 0 Å². The Bertz CT molecular complexity index is 2070. The summed E-state index contributed by atoms with van der Waals surface area (Å²) in [7, 11) is -4.07. The molecule has 10 nitrogen and oxygen atoms in total. The predicted octanol–water partition coefficient (Wildman–Crippen LogP) is 14.0. The maximum atomic E-state index is 11.9. The SMILES string of the molecule is CC(C)OC(=O)CCC/C=C\C[C@H]1[C@@H](O)CC(O)[C@@H]1/C=C/C(O)CCc1ccccc1.CC(C)OC(=O)CCC/C=C\C[C@H]1[C@@H](O)CC(O[Si](C)(C)C(C)(C)C)[C@@H]1/C=C/C(CCc1ccccc1)O[Si](C)(C)C(C)(C)C. The van der Waals surface area contributed by atoms with E-state index in [4.69, 9.17) is 18.3 Å². The number of esters is 2. The molecule has 0 radical (unpaired) electrons. The zero-order valence-electron chi connectivity index (χ0n) is 49.5. The first kappa shape index (κ1) is 66.8. The van der Waals surface area contributed by atoms with Gasteiger partial charge in [0, 0.05) is 31.1 Å². The summed E-state index contributed by atoms with van der Waals surface area (Å²) in [6, 6.07) is 20.7. The number of hydrogen-bond donors (Lipinski definition) is 4. The topological polar surface area (TPSA) is 152 Å². The molecule has 0 heterocycles. The molecule has 0 amide bonds. The van der Waals surface area contributed by atoms with Crippen molar-refractivity contribution in [2.45, 2.75) is 244 Å². The molecule has 0 spiro atoms. The smallest absolute Gasteiger partial charge is 0.306 e. The molecule has 0 bridgehead atoms. The normalized spacial score (nSPS) is 23.5. The Kier molecular flexibility index (Phi) is 28.6. The van der Waals surface area contributed by atoms with E-state index < -0.39 is 41.1 Å². The van der Waals surface area contributed by atoms with E-state index in [0.717, 1.165) is 51.4 Å². The minimum Gasteiger partial charge on any atom is -0.463 e. The van der Waals surface area contributed by atoms with Crippen LogP contribution in [0.15, 0.2) is 109 Å². The molecule has 76 heavy (non-hydrogen) atoms. The molecule has 12 heteroatoms. The van der Waals surface area contributed by atoms with Gasteiger partial charge in [0.05, 0.1) is 48.8 Å². The largest absolute Gasteiger partial charge is 0.463 e. The number of hydrogen-bond acceptors (Lipinski definition) is 10. The van der Waals surface area contributed by atoms with Crippen molar-refractivity contribution in [2.24, 2.45) is 23.7 Å². The highest BCUT2D eigenvalue weighted by molar-refractivity contribution is 6.74. The van der Waals surface area contributed by atoms with E-state index in [1.807, 2.05) is 76.3 Å². The van der Waals surface area contributed by atoms with Gasteiger partial charge in [-0.3, -0.25) is 9.59 Å². The number of carbonyl (C=O) groups excluding carboxylic acids is 2. The fraction of sp³-hybridized carbons (Fsp3) is 0.656. The number of aryl methyl sites for hydroxylation is 2. The lowest BCUT2D eigenvalue weighted by molar-refractivity contribution is -0.148. The standard InChI is InChI=1S/C38H66O5Si2.C26H38O5/c1-29(2)41-36(40)23-19-14-13-18-22-32-33(35(28-34(32)39)43-45(11,12)38(6,7)8)27-26-31(42-44(9,10)37(3,4)5)25-24-30-20-16-15-17-21-30;1-19(2)31-26(30)13-9-4-3-8-12-22-23(25(29)18-24(22)28)17-16-21(27)15-14-20-10-6-5-7-11-20/h13,15-18,20-21,26-27,29,31-35,39H,14,19,22-25,28H2,1-12H3;3,5-8,10-11,16-17,19,21-25,27-29H,4,9,12-15,18H2,1-2H3/b18-13-,27-26+;8-3-,17-16+/t31?,32-,33-,34+,35?;21?,22-,23-,24+,25?/m11/s1. The lowest BCUT2D eigenvalue weighted by atomic mass is 9.89. The quantitative estimate of drug-likeness (QED) is 0.0280. The second-order valence-corrected chi connectivity index (χ2v) is 34.7. The highest BCUT2D eigenvalue weighted by atomic mass is 28.4. The van der Waals surface area contributed by atoms with Gasteiger partial charge in [-0.25, -0.2) is 0 Å². The van der Waals surface area contributed by atoms with Crippen molar-refractivity contribution in [3.63, 3.8) is 0 Å². The van der Waals surface area contributed by atoms with Gasteiger partial charge in [-0.15, -0.1) is 0 Å². The summed E-state index contributed by atoms with van der Waals surface area (Å²) in [6.07, 6.45) is 24.0. The third-order valence-electron chi connectivity index (χ3n) is 15.9.